The average molecular weight is 183 g/mol. The number of aliphatic hydroxyl groups excluding tert-OH is 1. The molecule has 2 saturated carbocycles. The van der Waals surface area contributed by atoms with Gasteiger partial charge in [-0.3, -0.25) is 0 Å². The van der Waals surface area contributed by atoms with E-state index in [9.17, 15) is 5.11 Å². The van der Waals surface area contributed by atoms with Crippen molar-refractivity contribution in [1.82, 2.24) is 5.32 Å². The second-order valence-electron chi connectivity index (χ2n) is 4.64. The molecule has 0 saturated heterocycles. The summed E-state index contributed by atoms with van der Waals surface area (Å²) in [5, 5.41) is 13.2. The molecule has 2 nitrogen and oxygen atoms in total. The fourth-order valence-electron chi connectivity index (χ4n) is 2.23. The molecular formula is C11H21NO. The van der Waals surface area contributed by atoms with Gasteiger partial charge in [0.25, 0.3) is 0 Å². The Balaban J connectivity index is 1.60. The maximum absolute atomic E-state index is 9.69. The Morgan fingerprint density at radius 1 is 1.08 bits per heavy atom. The Morgan fingerprint density at radius 2 is 1.85 bits per heavy atom. The molecule has 0 spiro atoms. The number of aliphatic hydroxyl groups is 1. The van der Waals surface area contributed by atoms with Crippen LogP contribution in [0.15, 0.2) is 0 Å². The third kappa shape index (κ3) is 2.96. The van der Waals surface area contributed by atoms with Gasteiger partial charge in [0.15, 0.2) is 0 Å². The monoisotopic (exact) mass is 183 g/mol. The van der Waals surface area contributed by atoms with E-state index in [1.54, 1.807) is 0 Å². The highest BCUT2D eigenvalue weighted by molar-refractivity contribution is 4.81. The lowest BCUT2D eigenvalue weighted by atomic mass is 9.92. The third-order valence-electron chi connectivity index (χ3n) is 3.39. The number of rotatable bonds is 4. The van der Waals surface area contributed by atoms with E-state index < -0.39 is 0 Å². The van der Waals surface area contributed by atoms with Crippen LogP contribution in [0.2, 0.25) is 0 Å². The standard InChI is InChI=1S/C11H21NO/c13-11-4-2-1-3-10(11)12-8-7-9-5-6-9/h9-13H,1-8H2. The van der Waals surface area contributed by atoms with Gasteiger partial charge in [-0.15, -0.1) is 0 Å². The fraction of sp³-hybridized carbons (Fsp3) is 1.00. The molecule has 0 aliphatic heterocycles. The van der Waals surface area contributed by atoms with Gasteiger partial charge in [0, 0.05) is 6.04 Å². The summed E-state index contributed by atoms with van der Waals surface area (Å²) in [5.41, 5.74) is 0. The SMILES string of the molecule is OC1CCCCC1NCCC1CC1. The molecule has 2 heteroatoms. The molecule has 2 rings (SSSR count). The summed E-state index contributed by atoms with van der Waals surface area (Å²) >= 11 is 0. The predicted octanol–water partition coefficient (Wildman–Crippen LogP) is 1.68. The van der Waals surface area contributed by atoms with E-state index in [1.165, 1.54) is 38.5 Å². The summed E-state index contributed by atoms with van der Waals surface area (Å²) in [5.74, 6) is 1.01. The quantitative estimate of drug-likeness (QED) is 0.695. The van der Waals surface area contributed by atoms with Gasteiger partial charge in [-0.25, -0.2) is 0 Å². The average Bonchev–Trinajstić information content (AvgIpc) is 2.92. The Kier molecular flexibility index (Phi) is 3.23. The highest BCUT2D eigenvalue weighted by Gasteiger charge is 2.24. The van der Waals surface area contributed by atoms with Crippen molar-refractivity contribution in [2.75, 3.05) is 6.54 Å². The van der Waals surface area contributed by atoms with E-state index in [0.717, 1.165) is 18.9 Å². The van der Waals surface area contributed by atoms with E-state index in [2.05, 4.69) is 5.32 Å². The third-order valence-corrected chi connectivity index (χ3v) is 3.39. The molecule has 0 aromatic heterocycles. The van der Waals surface area contributed by atoms with Gasteiger partial charge in [-0.1, -0.05) is 25.7 Å². The van der Waals surface area contributed by atoms with Crippen molar-refractivity contribution in [2.24, 2.45) is 5.92 Å². The molecule has 0 radical (unpaired) electrons. The minimum Gasteiger partial charge on any atom is -0.392 e. The summed E-state index contributed by atoms with van der Waals surface area (Å²) in [7, 11) is 0. The van der Waals surface area contributed by atoms with Gasteiger partial charge in [-0.2, -0.15) is 0 Å². The Hall–Kier alpha value is -0.0800. The van der Waals surface area contributed by atoms with Crippen LogP contribution in [-0.2, 0) is 0 Å². The van der Waals surface area contributed by atoms with Crippen LogP contribution < -0.4 is 5.32 Å². The molecule has 0 heterocycles. The summed E-state index contributed by atoms with van der Waals surface area (Å²) in [4.78, 5) is 0. The van der Waals surface area contributed by atoms with Crippen LogP contribution in [0.5, 0.6) is 0 Å². The molecule has 2 aliphatic rings. The number of hydrogen-bond donors (Lipinski definition) is 2. The highest BCUT2D eigenvalue weighted by atomic mass is 16.3. The first kappa shape index (κ1) is 9.47. The normalized spacial score (nSPS) is 34.8. The van der Waals surface area contributed by atoms with Crippen LogP contribution >= 0.6 is 0 Å². The molecule has 0 aromatic carbocycles. The zero-order valence-corrected chi connectivity index (χ0v) is 8.34. The molecule has 2 atom stereocenters. The molecule has 2 N–H and O–H groups in total. The maximum Gasteiger partial charge on any atom is 0.0693 e. The summed E-state index contributed by atoms with van der Waals surface area (Å²) < 4.78 is 0. The molecule has 2 aliphatic carbocycles. The first-order chi connectivity index (χ1) is 6.36. The fourth-order valence-corrected chi connectivity index (χ4v) is 2.23. The van der Waals surface area contributed by atoms with E-state index >= 15 is 0 Å². The second kappa shape index (κ2) is 4.43. The highest BCUT2D eigenvalue weighted by Crippen LogP contribution is 2.31. The topological polar surface area (TPSA) is 32.3 Å². The lowest BCUT2D eigenvalue weighted by Gasteiger charge is -2.28. The summed E-state index contributed by atoms with van der Waals surface area (Å²) in [6.07, 6.45) is 8.80. The van der Waals surface area contributed by atoms with Crippen LogP contribution in [-0.4, -0.2) is 23.8 Å². The summed E-state index contributed by atoms with van der Waals surface area (Å²) in [6, 6.07) is 0.396. The van der Waals surface area contributed by atoms with Crippen molar-refractivity contribution in [3.8, 4) is 0 Å². The lowest BCUT2D eigenvalue weighted by molar-refractivity contribution is 0.0908. The molecule has 2 fully saturated rings. The summed E-state index contributed by atoms with van der Waals surface area (Å²) in [6.45, 7) is 1.12. The number of nitrogens with one attached hydrogen (secondary N) is 1. The maximum atomic E-state index is 9.69. The molecule has 0 bridgehead atoms. The molecule has 13 heavy (non-hydrogen) atoms. The van der Waals surface area contributed by atoms with E-state index in [-0.39, 0.29) is 6.10 Å². The van der Waals surface area contributed by atoms with Crippen molar-refractivity contribution in [3.63, 3.8) is 0 Å². The predicted molar refractivity (Wildman–Crippen MR) is 53.6 cm³/mol. The van der Waals surface area contributed by atoms with E-state index in [0.29, 0.717) is 6.04 Å². The van der Waals surface area contributed by atoms with Crippen molar-refractivity contribution in [1.29, 1.82) is 0 Å². The van der Waals surface area contributed by atoms with Gasteiger partial charge in [0.05, 0.1) is 6.10 Å². The van der Waals surface area contributed by atoms with E-state index in [1.807, 2.05) is 0 Å². The van der Waals surface area contributed by atoms with E-state index in [4.69, 9.17) is 0 Å². The Bertz CT molecular complexity index is 156. The molecular weight excluding hydrogens is 162 g/mol. The largest absolute Gasteiger partial charge is 0.392 e. The van der Waals surface area contributed by atoms with Crippen LogP contribution in [0, 0.1) is 5.92 Å². The van der Waals surface area contributed by atoms with Crippen molar-refractivity contribution >= 4 is 0 Å². The van der Waals surface area contributed by atoms with Crippen LogP contribution in [0.1, 0.15) is 44.9 Å². The van der Waals surface area contributed by atoms with Crippen molar-refractivity contribution < 1.29 is 5.11 Å². The van der Waals surface area contributed by atoms with Gasteiger partial charge < -0.3 is 10.4 Å². The van der Waals surface area contributed by atoms with Gasteiger partial charge in [0.1, 0.15) is 0 Å². The van der Waals surface area contributed by atoms with Gasteiger partial charge >= 0.3 is 0 Å². The smallest absolute Gasteiger partial charge is 0.0693 e. The van der Waals surface area contributed by atoms with Gasteiger partial charge in [-0.05, 0) is 31.7 Å². The zero-order chi connectivity index (χ0) is 9.10. The minimum absolute atomic E-state index is 0.0760. The zero-order valence-electron chi connectivity index (χ0n) is 8.34. The molecule has 2 unspecified atom stereocenters. The van der Waals surface area contributed by atoms with Crippen LogP contribution in [0.3, 0.4) is 0 Å². The van der Waals surface area contributed by atoms with Crippen molar-refractivity contribution in [2.45, 2.75) is 57.1 Å². The minimum atomic E-state index is -0.0760. The second-order valence-corrected chi connectivity index (χ2v) is 4.64. The molecule has 0 amide bonds. The number of hydrogen-bond acceptors (Lipinski definition) is 2. The van der Waals surface area contributed by atoms with Crippen LogP contribution in [0.4, 0.5) is 0 Å². The Labute approximate surface area is 80.7 Å². The first-order valence-electron chi connectivity index (χ1n) is 5.78. The molecule has 0 aromatic rings. The first-order valence-corrected chi connectivity index (χ1v) is 5.78. The molecule has 76 valence electrons. The van der Waals surface area contributed by atoms with Gasteiger partial charge in [0.2, 0.25) is 0 Å². The van der Waals surface area contributed by atoms with Crippen molar-refractivity contribution in [3.05, 3.63) is 0 Å². The Morgan fingerprint density at radius 3 is 2.54 bits per heavy atom. The lowest BCUT2D eigenvalue weighted by Crippen LogP contribution is -2.42. The van der Waals surface area contributed by atoms with Crippen LogP contribution in [0.25, 0.3) is 0 Å².